The van der Waals surface area contributed by atoms with E-state index >= 15 is 0 Å². The molecule has 1 heterocycles. The van der Waals surface area contributed by atoms with Gasteiger partial charge in [-0.25, -0.2) is 9.69 Å². The molecule has 1 amide bonds. The lowest BCUT2D eigenvalue weighted by Crippen LogP contribution is -2.57. The summed E-state index contributed by atoms with van der Waals surface area (Å²) in [5.41, 5.74) is 0.199. The Balaban J connectivity index is 1.79. The zero-order chi connectivity index (χ0) is 22.6. The number of esters is 1. The van der Waals surface area contributed by atoms with E-state index in [9.17, 15) is 14.4 Å². The van der Waals surface area contributed by atoms with Gasteiger partial charge in [-0.3, -0.25) is 9.59 Å². The van der Waals surface area contributed by atoms with Crippen LogP contribution in [0.3, 0.4) is 0 Å². The average Bonchev–Trinajstić information content (AvgIpc) is 3.11. The number of rotatable bonds is 7. The van der Waals surface area contributed by atoms with Crippen LogP contribution < -0.4 is 5.32 Å². The van der Waals surface area contributed by atoms with E-state index in [1.165, 1.54) is 4.90 Å². The van der Waals surface area contributed by atoms with Gasteiger partial charge in [0.25, 0.3) is 0 Å². The highest BCUT2D eigenvalue weighted by molar-refractivity contribution is 6.64. The Hall–Kier alpha value is -3.48. The Bertz CT molecular complexity index is 1110. The van der Waals surface area contributed by atoms with E-state index in [-0.39, 0.29) is 13.2 Å². The summed E-state index contributed by atoms with van der Waals surface area (Å²) in [7, 11) is 0. The molecule has 0 aliphatic carbocycles. The maximum Gasteiger partial charge on any atom is 0.352 e. The third-order valence-corrected chi connectivity index (χ3v) is 5.52. The minimum absolute atomic E-state index is 0.0167. The highest BCUT2D eigenvalue weighted by Gasteiger charge is 2.59. The Morgan fingerprint density at radius 1 is 0.906 bits per heavy atom. The van der Waals surface area contributed by atoms with Crippen molar-refractivity contribution in [2.24, 2.45) is 0 Å². The van der Waals surface area contributed by atoms with Crippen LogP contribution in [-0.4, -0.2) is 28.6 Å². The van der Waals surface area contributed by atoms with Crippen LogP contribution in [0.4, 0.5) is 0 Å². The minimum Gasteiger partial charge on any atom is -0.458 e. The summed E-state index contributed by atoms with van der Waals surface area (Å²) >= 11 is 5.78. The molecule has 6 nitrogen and oxygen atoms in total. The van der Waals surface area contributed by atoms with Crippen molar-refractivity contribution in [3.63, 3.8) is 0 Å². The zero-order valence-corrected chi connectivity index (χ0v) is 17.9. The number of hydrogen-bond acceptors (Lipinski definition) is 5. The molecule has 1 aliphatic heterocycles. The predicted molar refractivity (Wildman–Crippen MR) is 119 cm³/mol. The van der Waals surface area contributed by atoms with Gasteiger partial charge < -0.3 is 10.1 Å². The molecule has 1 aliphatic rings. The molecule has 1 N–H and O–H groups in total. The Kier molecular flexibility index (Phi) is 6.35. The van der Waals surface area contributed by atoms with Gasteiger partial charge in [0.2, 0.25) is 16.8 Å². The first-order valence-corrected chi connectivity index (χ1v) is 10.5. The number of ether oxygens (including phenoxy) is 1. The topological polar surface area (TPSA) is 75.7 Å². The monoisotopic (exact) mass is 448 g/mol. The van der Waals surface area contributed by atoms with Gasteiger partial charge >= 0.3 is 5.97 Å². The Morgan fingerprint density at radius 3 is 2.06 bits per heavy atom. The fourth-order valence-corrected chi connectivity index (χ4v) is 4.12. The van der Waals surface area contributed by atoms with Gasteiger partial charge in [0.05, 0.1) is 6.54 Å². The number of carbonyl (C=O) groups is 3. The van der Waals surface area contributed by atoms with Crippen LogP contribution in [0.2, 0.25) is 0 Å². The standard InChI is InChI=1S/C25H21ClN2O4/c26-21(29)16-28-22(19-12-6-2-7-13-19)23(30)27-25(28,20-14-8-3-9-15-20)24(31)32-17-18-10-4-1-5-11-18/h1-15,22H,16-17H2,(H,27,30). The normalized spacial score (nSPS) is 20.5. The van der Waals surface area contributed by atoms with Crippen molar-refractivity contribution in [3.8, 4) is 0 Å². The van der Waals surface area contributed by atoms with Gasteiger partial charge in [0.1, 0.15) is 12.6 Å². The van der Waals surface area contributed by atoms with E-state index in [0.717, 1.165) is 5.56 Å². The number of amides is 1. The van der Waals surface area contributed by atoms with Gasteiger partial charge in [0.15, 0.2) is 0 Å². The smallest absolute Gasteiger partial charge is 0.352 e. The summed E-state index contributed by atoms with van der Waals surface area (Å²) in [5, 5.41) is 2.13. The van der Waals surface area contributed by atoms with Crippen LogP contribution >= 0.6 is 11.6 Å². The van der Waals surface area contributed by atoms with Gasteiger partial charge in [-0.15, -0.1) is 0 Å². The van der Waals surface area contributed by atoms with E-state index in [1.807, 2.05) is 36.4 Å². The quantitative estimate of drug-likeness (QED) is 0.442. The molecule has 3 aromatic carbocycles. The third kappa shape index (κ3) is 4.15. The van der Waals surface area contributed by atoms with Crippen molar-refractivity contribution in [1.82, 2.24) is 10.2 Å². The molecule has 0 aromatic heterocycles. The number of halogens is 1. The lowest BCUT2D eigenvalue weighted by atomic mass is 9.97. The van der Waals surface area contributed by atoms with Crippen molar-refractivity contribution < 1.29 is 19.1 Å². The zero-order valence-electron chi connectivity index (χ0n) is 17.1. The van der Waals surface area contributed by atoms with Gasteiger partial charge in [-0.2, -0.15) is 0 Å². The molecule has 0 spiro atoms. The van der Waals surface area contributed by atoms with E-state index in [4.69, 9.17) is 16.3 Å². The largest absolute Gasteiger partial charge is 0.458 e. The molecular formula is C25H21ClN2O4. The van der Waals surface area contributed by atoms with E-state index in [0.29, 0.717) is 11.1 Å². The lowest BCUT2D eigenvalue weighted by Gasteiger charge is -2.37. The number of nitrogens with one attached hydrogen (secondary N) is 1. The SMILES string of the molecule is O=C(Cl)CN1C(c2ccccc2)C(=O)NC1(C(=O)OCc1ccccc1)c1ccccc1. The van der Waals surface area contributed by atoms with Crippen LogP contribution in [0.1, 0.15) is 22.7 Å². The molecule has 0 saturated carbocycles. The summed E-state index contributed by atoms with van der Waals surface area (Å²) in [6.07, 6.45) is 0. The molecular weight excluding hydrogens is 428 g/mol. The van der Waals surface area contributed by atoms with Crippen molar-refractivity contribution >= 4 is 28.7 Å². The average molecular weight is 449 g/mol. The Morgan fingerprint density at radius 2 is 1.47 bits per heavy atom. The minimum atomic E-state index is -1.71. The van der Waals surface area contributed by atoms with Gasteiger partial charge in [-0.1, -0.05) is 91.0 Å². The van der Waals surface area contributed by atoms with E-state index in [2.05, 4.69) is 5.32 Å². The first-order chi connectivity index (χ1) is 15.5. The molecule has 2 atom stereocenters. The molecule has 162 valence electrons. The fraction of sp³-hybridized carbons (Fsp3) is 0.160. The second-order valence-electron chi connectivity index (χ2n) is 7.42. The number of nitrogens with zero attached hydrogens (tertiary/aromatic N) is 1. The summed E-state index contributed by atoms with van der Waals surface area (Å²) in [5.74, 6) is -1.12. The van der Waals surface area contributed by atoms with Crippen LogP contribution in [0, 0.1) is 0 Å². The van der Waals surface area contributed by atoms with Crippen molar-refractivity contribution in [2.45, 2.75) is 18.3 Å². The highest BCUT2D eigenvalue weighted by Crippen LogP contribution is 2.41. The second-order valence-corrected chi connectivity index (χ2v) is 7.85. The van der Waals surface area contributed by atoms with E-state index in [1.54, 1.807) is 54.6 Å². The van der Waals surface area contributed by atoms with Gasteiger partial charge in [-0.05, 0) is 22.7 Å². The van der Waals surface area contributed by atoms with Crippen molar-refractivity contribution in [1.29, 1.82) is 0 Å². The van der Waals surface area contributed by atoms with Gasteiger partial charge in [0, 0.05) is 5.56 Å². The lowest BCUT2D eigenvalue weighted by molar-refractivity contribution is -0.162. The summed E-state index contributed by atoms with van der Waals surface area (Å²) in [4.78, 5) is 40.4. The number of carbonyl (C=O) groups excluding carboxylic acids is 3. The highest BCUT2D eigenvalue weighted by atomic mass is 35.5. The van der Waals surface area contributed by atoms with Crippen molar-refractivity contribution in [2.75, 3.05) is 6.54 Å². The number of benzene rings is 3. The molecule has 4 rings (SSSR count). The van der Waals surface area contributed by atoms with Crippen LogP contribution in [0.25, 0.3) is 0 Å². The molecule has 3 aromatic rings. The van der Waals surface area contributed by atoms with Crippen LogP contribution in [0.15, 0.2) is 91.0 Å². The molecule has 7 heteroatoms. The first-order valence-electron chi connectivity index (χ1n) is 10.1. The maximum absolute atomic E-state index is 13.6. The molecule has 1 saturated heterocycles. The first kappa shape index (κ1) is 21.7. The fourth-order valence-electron chi connectivity index (χ4n) is 4.00. The van der Waals surface area contributed by atoms with Crippen molar-refractivity contribution in [3.05, 3.63) is 108 Å². The summed E-state index contributed by atoms with van der Waals surface area (Å²) < 4.78 is 5.66. The molecule has 1 fully saturated rings. The van der Waals surface area contributed by atoms with Crippen LogP contribution in [-0.2, 0) is 31.4 Å². The molecule has 0 radical (unpaired) electrons. The molecule has 2 unspecified atom stereocenters. The Labute approximate surface area is 190 Å². The third-order valence-electron chi connectivity index (χ3n) is 5.40. The predicted octanol–water partition coefficient (Wildman–Crippen LogP) is 3.52. The number of hydrogen-bond donors (Lipinski definition) is 1. The molecule has 32 heavy (non-hydrogen) atoms. The molecule has 0 bridgehead atoms. The van der Waals surface area contributed by atoms with E-state index < -0.39 is 28.8 Å². The second kappa shape index (κ2) is 9.34. The van der Waals surface area contributed by atoms with Crippen LogP contribution in [0.5, 0.6) is 0 Å². The summed E-state index contributed by atoms with van der Waals surface area (Å²) in [6, 6.07) is 26.0. The maximum atomic E-state index is 13.6. The summed E-state index contributed by atoms with van der Waals surface area (Å²) in [6.45, 7) is -0.321.